The van der Waals surface area contributed by atoms with Crippen molar-refractivity contribution in [2.75, 3.05) is 40.5 Å². The van der Waals surface area contributed by atoms with Gasteiger partial charge in [-0.05, 0) is 30.0 Å². The van der Waals surface area contributed by atoms with Gasteiger partial charge in [-0.2, -0.15) is 0 Å². The maximum absolute atomic E-state index is 9.09. The number of β-amino-alcohol motifs (C(OH)–C–C–N with tert-alkyl or cyclic N) is 1. The summed E-state index contributed by atoms with van der Waals surface area (Å²) >= 11 is 0. The van der Waals surface area contributed by atoms with Crippen molar-refractivity contribution < 1.29 is 14.6 Å². The van der Waals surface area contributed by atoms with Crippen LogP contribution in [0.15, 0.2) is 18.2 Å². The molecule has 2 rings (SSSR count). The molecule has 112 valence electrons. The van der Waals surface area contributed by atoms with Crippen LogP contribution < -0.4 is 15.2 Å². The van der Waals surface area contributed by atoms with Crippen molar-refractivity contribution in [3.05, 3.63) is 23.8 Å². The van der Waals surface area contributed by atoms with Gasteiger partial charge >= 0.3 is 0 Å². The number of ether oxygens (including phenoxy) is 2. The fraction of sp³-hybridized carbons (Fsp3) is 0.600. The number of likely N-dealkylation sites (tertiary alicyclic amines) is 1. The van der Waals surface area contributed by atoms with Crippen LogP contribution in [0.4, 0.5) is 0 Å². The Labute approximate surface area is 120 Å². The zero-order valence-corrected chi connectivity index (χ0v) is 12.2. The number of aliphatic hydroxyl groups is 1. The van der Waals surface area contributed by atoms with E-state index in [1.807, 2.05) is 12.1 Å². The highest BCUT2D eigenvalue weighted by atomic mass is 16.5. The summed E-state index contributed by atoms with van der Waals surface area (Å²) in [4.78, 5) is 2.22. The van der Waals surface area contributed by atoms with E-state index in [0.717, 1.165) is 31.0 Å². The monoisotopic (exact) mass is 280 g/mol. The lowest BCUT2D eigenvalue weighted by Crippen LogP contribution is -2.47. The number of piperidine rings is 1. The van der Waals surface area contributed by atoms with E-state index >= 15 is 0 Å². The fourth-order valence-corrected chi connectivity index (χ4v) is 2.90. The van der Waals surface area contributed by atoms with Gasteiger partial charge in [0.2, 0.25) is 0 Å². The Morgan fingerprint density at radius 3 is 2.65 bits per heavy atom. The summed E-state index contributed by atoms with van der Waals surface area (Å²) in [6, 6.07) is 6.18. The van der Waals surface area contributed by atoms with E-state index < -0.39 is 0 Å². The second-order valence-corrected chi connectivity index (χ2v) is 5.29. The smallest absolute Gasteiger partial charge is 0.160 e. The van der Waals surface area contributed by atoms with Crippen LogP contribution in [0, 0.1) is 0 Å². The zero-order chi connectivity index (χ0) is 14.5. The molecule has 5 heteroatoms. The zero-order valence-electron chi connectivity index (χ0n) is 12.2. The Balaban J connectivity index is 2.17. The van der Waals surface area contributed by atoms with E-state index in [1.54, 1.807) is 14.2 Å². The first kappa shape index (κ1) is 15.1. The molecule has 20 heavy (non-hydrogen) atoms. The number of hydrogen-bond acceptors (Lipinski definition) is 5. The second kappa shape index (κ2) is 6.92. The Bertz CT molecular complexity index is 439. The first-order chi connectivity index (χ1) is 9.67. The van der Waals surface area contributed by atoms with Crippen LogP contribution in [0.3, 0.4) is 0 Å². The molecule has 1 fully saturated rings. The second-order valence-electron chi connectivity index (χ2n) is 5.29. The molecule has 0 aliphatic carbocycles. The lowest BCUT2D eigenvalue weighted by atomic mass is 9.88. The number of rotatable bonds is 5. The first-order valence-corrected chi connectivity index (χ1v) is 6.98. The van der Waals surface area contributed by atoms with Crippen molar-refractivity contribution in [1.82, 2.24) is 4.90 Å². The minimum atomic E-state index is 0.147. The molecule has 0 spiro atoms. The molecule has 0 amide bonds. The van der Waals surface area contributed by atoms with Gasteiger partial charge in [0, 0.05) is 25.7 Å². The van der Waals surface area contributed by atoms with Gasteiger partial charge in [-0.15, -0.1) is 0 Å². The minimum Gasteiger partial charge on any atom is -0.493 e. The third-order valence-corrected chi connectivity index (χ3v) is 3.85. The highest BCUT2D eigenvalue weighted by Gasteiger charge is 2.26. The average molecular weight is 280 g/mol. The highest BCUT2D eigenvalue weighted by Crippen LogP contribution is 2.33. The molecule has 5 nitrogen and oxygen atoms in total. The summed E-state index contributed by atoms with van der Waals surface area (Å²) in [6.07, 6.45) is 0.956. The molecule has 0 radical (unpaired) electrons. The van der Waals surface area contributed by atoms with Gasteiger partial charge in [0.1, 0.15) is 0 Å². The maximum Gasteiger partial charge on any atom is 0.160 e. The summed E-state index contributed by atoms with van der Waals surface area (Å²) in [5, 5.41) is 9.09. The number of aliphatic hydroxyl groups excluding tert-OH is 1. The molecule has 1 aliphatic rings. The third-order valence-electron chi connectivity index (χ3n) is 3.85. The fourth-order valence-electron chi connectivity index (χ4n) is 2.90. The molecule has 0 saturated carbocycles. The van der Waals surface area contributed by atoms with Crippen LogP contribution in [0.2, 0.25) is 0 Å². The largest absolute Gasteiger partial charge is 0.493 e. The first-order valence-electron chi connectivity index (χ1n) is 6.98. The summed E-state index contributed by atoms with van der Waals surface area (Å²) in [5.41, 5.74) is 7.34. The Morgan fingerprint density at radius 1 is 1.25 bits per heavy atom. The van der Waals surface area contributed by atoms with Crippen LogP contribution >= 0.6 is 0 Å². The minimum absolute atomic E-state index is 0.147. The van der Waals surface area contributed by atoms with Crippen LogP contribution in [0.5, 0.6) is 11.5 Å². The van der Waals surface area contributed by atoms with Crippen molar-refractivity contribution in [2.45, 2.75) is 18.4 Å². The van der Waals surface area contributed by atoms with Gasteiger partial charge in [-0.3, -0.25) is 4.90 Å². The van der Waals surface area contributed by atoms with Crippen LogP contribution in [-0.4, -0.2) is 56.5 Å². The molecular weight excluding hydrogens is 256 g/mol. The van der Waals surface area contributed by atoms with E-state index in [2.05, 4.69) is 11.0 Å². The quantitative estimate of drug-likeness (QED) is 0.835. The average Bonchev–Trinajstić information content (AvgIpc) is 2.46. The van der Waals surface area contributed by atoms with E-state index in [0.29, 0.717) is 12.5 Å². The highest BCUT2D eigenvalue weighted by molar-refractivity contribution is 5.44. The predicted molar refractivity (Wildman–Crippen MR) is 78.4 cm³/mol. The molecule has 1 aromatic carbocycles. The van der Waals surface area contributed by atoms with Gasteiger partial charge in [0.25, 0.3) is 0 Å². The van der Waals surface area contributed by atoms with Crippen LogP contribution in [-0.2, 0) is 0 Å². The van der Waals surface area contributed by atoms with Gasteiger partial charge in [-0.25, -0.2) is 0 Å². The standard InChI is InChI=1S/C15H24N2O3/c1-19-14-4-3-11(8-15(14)20-2)12-7-13(16)10-17(9-12)5-6-18/h3-4,8,12-13,18H,5-7,9-10,16H2,1-2H3. The number of nitrogens with zero attached hydrogens (tertiary/aromatic N) is 1. The van der Waals surface area contributed by atoms with E-state index in [4.69, 9.17) is 20.3 Å². The molecule has 3 N–H and O–H groups in total. The van der Waals surface area contributed by atoms with Gasteiger partial charge in [0.05, 0.1) is 20.8 Å². The molecule has 1 saturated heterocycles. The number of methoxy groups -OCH3 is 2. The van der Waals surface area contributed by atoms with E-state index in [-0.39, 0.29) is 12.6 Å². The maximum atomic E-state index is 9.09. The van der Waals surface area contributed by atoms with Gasteiger partial charge in [-0.1, -0.05) is 6.07 Å². The Hall–Kier alpha value is -1.30. The lowest BCUT2D eigenvalue weighted by molar-refractivity contribution is 0.149. The SMILES string of the molecule is COc1ccc(C2CC(N)CN(CCO)C2)cc1OC. The van der Waals surface area contributed by atoms with Crippen LogP contribution in [0.1, 0.15) is 17.9 Å². The van der Waals surface area contributed by atoms with Crippen molar-refractivity contribution in [3.63, 3.8) is 0 Å². The van der Waals surface area contributed by atoms with Crippen molar-refractivity contribution in [2.24, 2.45) is 5.73 Å². The third kappa shape index (κ3) is 3.42. The molecular formula is C15H24N2O3. The molecule has 1 heterocycles. The van der Waals surface area contributed by atoms with E-state index in [1.165, 1.54) is 5.56 Å². The molecule has 1 aromatic rings. The normalized spacial score (nSPS) is 23.6. The lowest BCUT2D eigenvalue weighted by Gasteiger charge is -2.36. The van der Waals surface area contributed by atoms with Crippen molar-refractivity contribution >= 4 is 0 Å². The number of hydrogen-bond donors (Lipinski definition) is 2. The number of benzene rings is 1. The molecule has 0 bridgehead atoms. The van der Waals surface area contributed by atoms with Gasteiger partial charge in [0.15, 0.2) is 11.5 Å². The van der Waals surface area contributed by atoms with Crippen LogP contribution in [0.25, 0.3) is 0 Å². The summed E-state index contributed by atoms with van der Waals surface area (Å²) in [5.74, 6) is 1.85. The van der Waals surface area contributed by atoms with Gasteiger partial charge < -0.3 is 20.3 Å². The summed E-state index contributed by atoms with van der Waals surface area (Å²) in [6.45, 7) is 2.62. The van der Waals surface area contributed by atoms with Crippen molar-refractivity contribution in [1.29, 1.82) is 0 Å². The Morgan fingerprint density at radius 2 is 2.00 bits per heavy atom. The molecule has 1 aliphatic heterocycles. The number of nitrogens with two attached hydrogens (primary N) is 1. The summed E-state index contributed by atoms with van der Waals surface area (Å²) in [7, 11) is 3.28. The molecule has 0 aromatic heterocycles. The van der Waals surface area contributed by atoms with E-state index in [9.17, 15) is 0 Å². The molecule has 2 unspecified atom stereocenters. The predicted octanol–water partition coefficient (Wildman–Crippen LogP) is 0.813. The Kier molecular flexibility index (Phi) is 5.23. The summed E-state index contributed by atoms with van der Waals surface area (Å²) < 4.78 is 10.6. The topological polar surface area (TPSA) is 68.0 Å². The molecule has 2 atom stereocenters. The van der Waals surface area contributed by atoms with Crippen molar-refractivity contribution in [3.8, 4) is 11.5 Å².